The Balaban J connectivity index is 1.93. The summed E-state index contributed by atoms with van der Waals surface area (Å²) in [6.45, 7) is 4.63. The molecule has 1 N–H and O–H groups in total. The van der Waals surface area contributed by atoms with Crippen LogP contribution in [0.3, 0.4) is 0 Å². The van der Waals surface area contributed by atoms with Gasteiger partial charge in [0.2, 0.25) is 5.95 Å². The zero-order chi connectivity index (χ0) is 17.6. The van der Waals surface area contributed by atoms with E-state index in [1.54, 1.807) is 10.8 Å². The number of benzene rings is 2. The summed E-state index contributed by atoms with van der Waals surface area (Å²) in [5.74, 6) is 0.727. The summed E-state index contributed by atoms with van der Waals surface area (Å²) < 4.78 is 1.75. The topological polar surface area (TPSA) is 46.9 Å². The highest BCUT2D eigenvalue weighted by Crippen LogP contribution is 2.16. The van der Waals surface area contributed by atoms with E-state index < -0.39 is 0 Å². The van der Waals surface area contributed by atoms with Crippen LogP contribution in [0.2, 0.25) is 0 Å². The first-order valence-electron chi connectivity index (χ1n) is 8.61. The second-order valence-electron chi connectivity index (χ2n) is 6.38. The van der Waals surface area contributed by atoms with Crippen molar-refractivity contribution in [3.63, 3.8) is 0 Å². The summed E-state index contributed by atoms with van der Waals surface area (Å²) in [7, 11) is 0. The van der Waals surface area contributed by atoms with Crippen molar-refractivity contribution in [1.82, 2.24) is 9.55 Å². The summed E-state index contributed by atoms with van der Waals surface area (Å²) in [5.41, 5.74) is 2.89. The average molecular weight is 333 g/mol. The first-order chi connectivity index (χ1) is 12.1. The minimum atomic E-state index is 0.0272. The van der Waals surface area contributed by atoms with Crippen molar-refractivity contribution in [2.24, 2.45) is 0 Å². The molecule has 4 heteroatoms. The first kappa shape index (κ1) is 17.0. The van der Waals surface area contributed by atoms with E-state index in [0.29, 0.717) is 12.5 Å². The van der Waals surface area contributed by atoms with E-state index in [1.807, 2.05) is 62.4 Å². The van der Waals surface area contributed by atoms with Gasteiger partial charge in [-0.15, -0.1) is 0 Å². The molecule has 0 radical (unpaired) electrons. The van der Waals surface area contributed by atoms with Gasteiger partial charge in [0, 0.05) is 24.0 Å². The lowest BCUT2D eigenvalue weighted by Crippen LogP contribution is -2.28. The van der Waals surface area contributed by atoms with E-state index in [1.165, 1.54) is 5.56 Å². The fourth-order valence-corrected chi connectivity index (χ4v) is 2.75. The highest BCUT2D eigenvalue weighted by molar-refractivity contribution is 5.53. The molecule has 0 aliphatic heterocycles. The summed E-state index contributed by atoms with van der Waals surface area (Å²) in [6, 6.07) is 20.0. The zero-order valence-electron chi connectivity index (χ0n) is 14.6. The molecule has 0 saturated carbocycles. The summed E-state index contributed by atoms with van der Waals surface area (Å²) in [4.78, 5) is 17.4. The van der Waals surface area contributed by atoms with Crippen LogP contribution >= 0.6 is 0 Å². The quantitative estimate of drug-likeness (QED) is 0.729. The molecule has 3 aromatic rings. The van der Waals surface area contributed by atoms with E-state index >= 15 is 0 Å². The largest absolute Gasteiger partial charge is 0.326 e. The third-order valence-electron chi connectivity index (χ3n) is 4.19. The third-order valence-corrected chi connectivity index (χ3v) is 4.19. The lowest BCUT2D eigenvalue weighted by atomic mass is 10.1. The Hall–Kier alpha value is -2.88. The number of rotatable bonds is 6. The van der Waals surface area contributed by atoms with E-state index in [0.717, 1.165) is 17.7 Å². The van der Waals surface area contributed by atoms with Crippen LogP contribution in [-0.4, -0.2) is 9.55 Å². The molecule has 0 unspecified atom stereocenters. The predicted octanol–water partition coefficient (Wildman–Crippen LogP) is 4.35. The molecule has 2 aromatic carbocycles. The molecule has 0 atom stereocenters. The van der Waals surface area contributed by atoms with Gasteiger partial charge in [-0.1, -0.05) is 62.4 Å². The highest BCUT2D eigenvalue weighted by Gasteiger charge is 2.13. The predicted molar refractivity (Wildman–Crippen MR) is 102 cm³/mol. The fourth-order valence-electron chi connectivity index (χ4n) is 2.75. The van der Waals surface area contributed by atoms with E-state index in [-0.39, 0.29) is 11.5 Å². The van der Waals surface area contributed by atoms with Crippen molar-refractivity contribution in [3.8, 4) is 0 Å². The summed E-state index contributed by atoms with van der Waals surface area (Å²) in [6.07, 6.45) is 2.48. The number of aryl methyl sites for hydroxylation is 1. The molecule has 0 bridgehead atoms. The molecular weight excluding hydrogens is 310 g/mol. The Morgan fingerprint density at radius 1 is 1.00 bits per heavy atom. The maximum atomic E-state index is 12.9. The van der Waals surface area contributed by atoms with Crippen molar-refractivity contribution < 1.29 is 0 Å². The number of hydrogen-bond donors (Lipinski definition) is 1. The van der Waals surface area contributed by atoms with Crippen LogP contribution in [0.25, 0.3) is 0 Å². The number of anilines is 2. The molecule has 4 nitrogen and oxygen atoms in total. The van der Waals surface area contributed by atoms with Gasteiger partial charge in [0.05, 0.1) is 0 Å². The zero-order valence-corrected chi connectivity index (χ0v) is 14.6. The molecule has 0 spiro atoms. The molecule has 1 aromatic heterocycles. The Labute approximate surface area is 148 Å². The van der Waals surface area contributed by atoms with Gasteiger partial charge in [-0.3, -0.25) is 9.36 Å². The van der Waals surface area contributed by atoms with Gasteiger partial charge in [-0.25, -0.2) is 4.98 Å². The molecule has 3 rings (SSSR count). The normalized spacial score (nSPS) is 10.8. The summed E-state index contributed by atoms with van der Waals surface area (Å²) >= 11 is 0. The minimum Gasteiger partial charge on any atom is -0.326 e. The van der Waals surface area contributed by atoms with Crippen LogP contribution in [0.15, 0.2) is 71.7 Å². The van der Waals surface area contributed by atoms with Gasteiger partial charge >= 0.3 is 0 Å². The second kappa shape index (κ2) is 7.79. The van der Waals surface area contributed by atoms with Crippen molar-refractivity contribution in [2.75, 3.05) is 5.32 Å². The van der Waals surface area contributed by atoms with Crippen molar-refractivity contribution in [3.05, 3.63) is 88.3 Å². The first-order valence-corrected chi connectivity index (χ1v) is 8.61. The maximum Gasteiger partial charge on any atom is 0.258 e. The number of para-hydroxylation sites is 1. The summed E-state index contributed by atoms with van der Waals surface area (Å²) in [5, 5.41) is 3.27. The monoisotopic (exact) mass is 333 g/mol. The maximum absolute atomic E-state index is 12.9. The standard InChI is InChI=1S/C21H23N3O/c1-16(2)19-15-22-21(23-18-11-7-4-8-12-18)24(20(19)25)14-13-17-9-5-3-6-10-17/h3-12,15-16H,13-14H2,1-2H3,(H,22,23). The molecule has 0 aliphatic carbocycles. The van der Waals surface area contributed by atoms with Crippen LogP contribution in [0.5, 0.6) is 0 Å². The lowest BCUT2D eigenvalue weighted by Gasteiger charge is -2.16. The van der Waals surface area contributed by atoms with Crippen LogP contribution in [0.4, 0.5) is 11.6 Å². The molecule has 0 amide bonds. The second-order valence-corrected chi connectivity index (χ2v) is 6.38. The highest BCUT2D eigenvalue weighted by atomic mass is 16.1. The molecule has 0 fully saturated rings. The molecule has 0 saturated heterocycles. The van der Waals surface area contributed by atoms with Crippen molar-refractivity contribution >= 4 is 11.6 Å². The SMILES string of the molecule is CC(C)c1cnc(Nc2ccccc2)n(CCc2ccccc2)c1=O. The smallest absolute Gasteiger partial charge is 0.258 e. The van der Waals surface area contributed by atoms with E-state index in [2.05, 4.69) is 22.4 Å². The van der Waals surface area contributed by atoms with E-state index in [9.17, 15) is 4.79 Å². The van der Waals surface area contributed by atoms with Gasteiger partial charge in [0.15, 0.2) is 0 Å². The Bertz CT molecular complexity index is 871. The van der Waals surface area contributed by atoms with Crippen LogP contribution in [-0.2, 0) is 13.0 Å². The lowest BCUT2D eigenvalue weighted by molar-refractivity contribution is 0.647. The molecule has 0 aliphatic rings. The van der Waals surface area contributed by atoms with Gasteiger partial charge in [-0.05, 0) is 30.0 Å². The van der Waals surface area contributed by atoms with Gasteiger partial charge < -0.3 is 5.32 Å². The number of nitrogens with zero attached hydrogens (tertiary/aromatic N) is 2. The van der Waals surface area contributed by atoms with Crippen molar-refractivity contribution in [2.45, 2.75) is 32.7 Å². The van der Waals surface area contributed by atoms with Gasteiger partial charge in [0.1, 0.15) is 0 Å². The average Bonchev–Trinajstić information content (AvgIpc) is 2.63. The molecular formula is C21H23N3O. The number of nitrogens with one attached hydrogen (secondary N) is 1. The van der Waals surface area contributed by atoms with Crippen LogP contribution in [0.1, 0.15) is 30.9 Å². The van der Waals surface area contributed by atoms with E-state index in [4.69, 9.17) is 0 Å². The Kier molecular flexibility index (Phi) is 5.29. The molecule has 128 valence electrons. The van der Waals surface area contributed by atoms with Gasteiger partial charge in [-0.2, -0.15) is 0 Å². The fraction of sp³-hybridized carbons (Fsp3) is 0.238. The van der Waals surface area contributed by atoms with Crippen molar-refractivity contribution in [1.29, 1.82) is 0 Å². The Morgan fingerprint density at radius 3 is 2.28 bits per heavy atom. The molecule has 25 heavy (non-hydrogen) atoms. The van der Waals surface area contributed by atoms with Crippen LogP contribution in [0, 0.1) is 0 Å². The minimum absolute atomic E-state index is 0.0272. The third kappa shape index (κ3) is 4.15. The number of aromatic nitrogens is 2. The molecule has 1 heterocycles. The van der Waals surface area contributed by atoms with Crippen LogP contribution < -0.4 is 10.9 Å². The number of hydrogen-bond acceptors (Lipinski definition) is 3. The van der Waals surface area contributed by atoms with Gasteiger partial charge in [0.25, 0.3) is 5.56 Å². The Morgan fingerprint density at radius 2 is 1.64 bits per heavy atom.